The largest absolute Gasteiger partial charge is 0.481 e. The second-order valence-electron chi connectivity index (χ2n) is 5.78. The Hall–Kier alpha value is -0.620. The summed E-state index contributed by atoms with van der Waals surface area (Å²) in [6.07, 6.45) is 3.52. The number of carbonyl (C=O) groups is 1. The van der Waals surface area contributed by atoms with E-state index in [1.807, 2.05) is 0 Å². The Morgan fingerprint density at radius 1 is 1.40 bits per heavy atom. The van der Waals surface area contributed by atoms with Crippen molar-refractivity contribution in [1.82, 2.24) is 4.90 Å². The molecule has 20 heavy (non-hydrogen) atoms. The Kier molecular flexibility index (Phi) is 5.43. The summed E-state index contributed by atoms with van der Waals surface area (Å²) in [5, 5.41) is 9.61. The van der Waals surface area contributed by atoms with Gasteiger partial charge in [-0.3, -0.25) is 9.69 Å². The van der Waals surface area contributed by atoms with Crippen LogP contribution in [0.15, 0.2) is 24.3 Å². The van der Waals surface area contributed by atoms with E-state index in [9.17, 15) is 9.90 Å². The number of carboxylic acid groups (broad SMARTS) is 1. The summed E-state index contributed by atoms with van der Waals surface area (Å²) in [6.45, 7) is 4.62. The van der Waals surface area contributed by atoms with Crippen molar-refractivity contribution >= 4 is 28.6 Å². The van der Waals surface area contributed by atoms with E-state index in [2.05, 4.69) is 58.7 Å². The standard InChI is InChI=1S/C16H22INO2/c1-2-8-16(15(19)20)9-3-10-18(12-16)11-13-4-6-14(17)7-5-13/h4-7H,2-3,8-12H2,1H3,(H,19,20). The SMILES string of the molecule is CCCC1(C(=O)O)CCCN(Cc2ccc(I)cc2)C1. The monoisotopic (exact) mass is 387 g/mol. The predicted molar refractivity (Wildman–Crippen MR) is 88.6 cm³/mol. The maximum absolute atomic E-state index is 11.7. The molecule has 1 unspecified atom stereocenters. The van der Waals surface area contributed by atoms with E-state index in [0.717, 1.165) is 38.8 Å². The van der Waals surface area contributed by atoms with Crippen molar-refractivity contribution in [2.24, 2.45) is 5.41 Å². The zero-order chi connectivity index (χ0) is 14.6. The van der Waals surface area contributed by atoms with E-state index in [1.54, 1.807) is 0 Å². The van der Waals surface area contributed by atoms with Crippen LogP contribution in [0.25, 0.3) is 0 Å². The van der Waals surface area contributed by atoms with Crippen LogP contribution in [-0.4, -0.2) is 29.1 Å². The number of likely N-dealkylation sites (tertiary alicyclic amines) is 1. The minimum Gasteiger partial charge on any atom is -0.481 e. The summed E-state index contributed by atoms with van der Waals surface area (Å²) in [6, 6.07) is 8.49. The third-order valence-electron chi connectivity index (χ3n) is 4.16. The van der Waals surface area contributed by atoms with Gasteiger partial charge >= 0.3 is 5.97 Å². The third kappa shape index (κ3) is 3.73. The fourth-order valence-corrected chi connectivity index (χ4v) is 3.53. The van der Waals surface area contributed by atoms with E-state index < -0.39 is 11.4 Å². The lowest BCUT2D eigenvalue weighted by Crippen LogP contribution is -2.47. The fourth-order valence-electron chi connectivity index (χ4n) is 3.17. The molecule has 0 saturated carbocycles. The van der Waals surface area contributed by atoms with Crippen LogP contribution in [0.5, 0.6) is 0 Å². The van der Waals surface area contributed by atoms with E-state index in [1.165, 1.54) is 9.13 Å². The van der Waals surface area contributed by atoms with E-state index in [-0.39, 0.29) is 0 Å². The van der Waals surface area contributed by atoms with Crippen LogP contribution in [0, 0.1) is 8.99 Å². The molecule has 0 spiro atoms. The van der Waals surface area contributed by atoms with Crippen LogP contribution in [0.1, 0.15) is 38.2 Å². The second-order valence-corrected chi connectivity index (χ2v) is 7.02. The van der Waals surface area contributed by atoms with Gasteiger partial charge in [0.2, 0.25) is 0 Å². The number of aliphatic carboxylic acids is 1. The minimum atomic E-state index is -0.619. The maximum Gasteiger partial charge on any atom is 0.310 e. The van der Waals surface area contributed by atoms with Crippen LogP contribution >= 0.6 is 22.6 Å². The number of hydrogen-bond donors (Lipinski definition) is 1. The van der Waals surface area contributed by atoms with E-state index in [4.69, 9.17) is 0 Å². The van der Waals surface area contributed by atoms with Crippen molar-refractivity contribution in [1.29, 1.82) is 0 Å². The molecule has 0 radical (unpaired) electrons. The molecule has 1 saturated heterocycles. The summed E-state index contributed by atoms with van der Waals surface area (Å²) in [7, 11) is 0. The van der Waals surface area contributed by atoms with Crippen molar-refractivity contribution in [2.45, 2.75) is 39.2 Å². The molecule has 1 heterocycles. The molecule has 0 amide bonds. The zero-order valence-electron chi connectivity index (χ0n) is 11.9. The Morgan fingerprint density at radius 2 is 2.10 bits per heavy atom. The van der Waals surface area contributed by atoms with Crippen LogP contribution in [-0.2, 0) is 11.3 Å². The highest BCUT2D eigenvalue weighted by atomic mass is 127. The Balaban J connectivity index is 2.05. The highest BCUT2D eigenvalue weighted by Crippen LogP contribution is 2.35. The predicted octanol–water partition coefficient (Wildman–Crippen LogP) is 3.76. The average molecular weight is 387 g/mol. The van der Waals surface area contributed by atoms with Crippen LogP contribution < -0.4 is 0 Å². The number of halogens is 1. The fraction of sp³-hybridized carbons (Fsp3) is 0.562. The first kappa shape index (κ1) is 15.8. The molecule has 1 aromatic rings. The number of piperidine rings is 1. The van der Waals surface area contributed by atoms with Crippen molar-refractivity contribution < 1.29 is 9.90 Å². The van der Waals surface area contributed by atoms with Gasteiger partial charge in [0.05, 0.1) is 5.41 Å². The van der Waals surface area contributed by atoms with E-state index in [0.29, 0.717) is 6.54 Å². The number of rotatable bonds is 5. The summed E-state index contributed by atoms with van der Waals surface area (Å²) in [4.78, 5) is 14.0. The van der Waals surface area contributed by atoms with Gasteiger partial charge in [-0.05, 0) is 66.1 Å². The normalized spacial score (nSPS) is 23.7. The Bertz CT molecular complexity index is 456. The molecule has 1 aliphatic rings. The molecule has 0 bridgehead atoms. The van der Waals surface area contributed by atoms with Crippen LogP contribution in [0.2, 0.25) is 0 Å². The molecule has 2 rings (SSSR count). The summed E-state index contributed by atoms with van der Waals surface area (Å²) >= 11 is 2.30. The van der Waals surface area contributed by atoms with Gasteiger partial charge in [-0.2, -0.15) is 0 Å². The Labute approximate surface area is 134 Å². The van der Waals surface area contributed by atoms with Gasteiger partial charge < -0.3 is 5.11 Å². The lowest BCUT2D eigenvalue weighted by molar-refractivity contribution is -0.153. The molecule has 110 valence electrons. The van der Waals surface area contributed by atoms with Crippen molar-refractivity contribution in [3.05, 3.63) is 33.4 Å². The number of hydrogen-bond acceptors (Lipinski definition) is 2. The number of carboxylic acids is 1. The lowest BCUT2D eigenvalue weighted by Gasteiger charge is -2.40. The molecule has 0 aromatic heterocycles. The first-order chi connectivity index (χ1) is 9.55. The summed E-state index contributed by atoms with van der Waals surface area (Å²) in [5.41, 5.74) is 0.735. The smallest absolute Gasteiger partial charge is 0.310 e. The summed E-state index contributed by atoms with van der Waals surface area (Å²) < 4.78 is 1.23. The summed E-state index contributed by atoms with van der Waals surface area (Å²) in [5.74, 6) is -0.619. The first-order valence-corrected chi connectivity index (χ1v) is 8.34. The average Bonchev–Trinajstić information content (AvgIpc) is 2.42. The molecule has 1 aliphatic heterocycles. The van der Waals surface area contributed by atoms with Gasteiger partial charge in [0.15, 0.2) is 0 Å². The molecule has 1 fully saturated rings. The first-order valence-electron chi connectivity index (χ1n) is 7.26. The lowest BCUT2D eigenvalue weighted by atomic mass is 9.76. The molecule has 1 aromatic carbocycles. The minimum absolute atomic E-state index is 0.532. The third-order valence-corrected chi connectivity index (χ3v) is 4.88. The van der Waals surface area contributed by atoms with Crippen molar-refractivity contribution in [2.75, 3.05) is 13.1 Å². The zero-order valence-corrected chi connectivity index (χ0v) is 14.1. The van der Waals surface area contributed by atoms with Crippen molar-refractivity contribution in [3.63, 3.8) is 0 Å². The molecule has 1 N–H and O–H groups in total. The van der Waals surface area contributed by atoms with Crippen LogP contribution in [0.4, 0.5) is 0 Å². The molecule has 3 nitrogen and oxygen atoms in total. The molecule has 0 aliphatic carbocycles. The molecular weight excluding hydrogens is 365 g/mol. The highest BCUT2D eigenvalue weighted by Gasteiger charge is 2.41. The quantitative estimate of drug-likeness (QED) is 0.783. The molecular formula is C16H22INO2. The van der Waals surface area contributed by atoms with Gasteiger partial charge in [-0.15, -0.1) is 0 Å². The highest BCUT2D eigenvalue weighted by molar-refractivity contribution is 14.1. The van der Waals surface area contributed by atoms with Gasteiger partial charge in [0, 0.05) is 16.7 Å². The van der Waals surface area contributed by atoms with Gasteiger partial charge in [0.1, 0.15) is 0 Å². The van der Waals surface area contributed by atoms with Crippen molar-refractivity contribution in [3.8, 4) is 0 Å². The van der Waals surface area contributed by atoms with E-state index >= 15 is 0 Å². The van der Waals surface area contributed by atoms with Gasteiger partial charge in [-0.1, -0.05) is 25.5 Å². The Morgan fingerprint density at radius 3 is 2.70 bits per heavy atom. The van der Waals surface area contributed by atoms with Crippen LogP contribution in [0.3, 0.4) is 0 Å². The molecule has 4 heteroatoms. The maximum atomic E-state index is 11.7. The topological polar surface area (TPSA) is 40.5 Å². The number of benzene rings is 1. The number of nitrogens with zero attached hydrogens (tertiary/aromatic N) is 1. The van der Waals surface area contributed by atoms with Gasteiger partial charge in [-0.25, -0.2) is 0 Å². The second kappa shape index (κ2) is 6.89. The van der Waals surface area contributed by atoms with Gasteiger partial charge in [0.25, 0.3) is 0 Å². The molecule has 1 atom stereocenters.